The van der Waals surface area contributed by atoms with E-state index in [1.165, 1.54) is 5.56 Å². The van der Waals surface area contributed by atoms with Crippen LogP contribution in [0.25, 0.3) is 11.0 Å². The van der Waals surface area contributed by atoms with Crippen molar-refractivity contribution >= 4 is 22.6 Å². The molecule has 1 saturated heterocycles. The van der Waals surface area contributed by atoms with E-state index >= 15 is 0 Å². The van der Waals surface area contributed by atoms with Crippen molar-refractivity contribution in [3.63, 3.8) is 0 Å². The van der Waals surface area contributed by atoms with E-state index in [1.807, 2.05) is 23.2 Å². The molecular formula is C23H27N3O3. The first-order chi connectivity index (χ1) is 14.0. The average molecular weight is 393 g/mol. The molecular weight excluding hydrogens is 366 g/mol. The third-order valence-electron chi connectivity index (χ3n) is 5.90. The molecule has 1 aliphatic rings. The Morgan fingerprint density at radius 3 is 2.55 bits per heavy atom. The summed E-state index contributed by atoms with van der Waals surface area (Å²) >= 11 is 0. The maximum absolute atomic E-state index is 12.9. The number of hydrogen-bond donors (Lipinski definition) is 0. The van der Waals surface area contributed by atoms with Crippen molar-refractivity contribution in [1.29, 1.82) is 0 Å². The number of benzene rings is 1. The molecule has 0 saturated carbocycles. The number of hydrogen-bond acceptors (Lipinski definition) is 5. The van der Waals surface area contributed by atoms with E-state index in [2.05, 4.69) is 36.7 Å². The van der Waals surface area contributed by atoms with Gasteiger partial charge in [-0.15, -0.1) is 0 Å². The molecule has 152 valence electrons. The second kappa shape index (κ2) is 7.78. The van der Waals surface area contributed by atoms with E-state index in [9.17, 15) is 4.79 Å². The van der Waals surface area contributed by atoms with E-state index in [0.29, 0.717) is 25.4 Å². The molecule has 0 unspecified atom stereocenters. The summed E-state index contributed by atoms with van der Waals surface area (Å²) in [6.45, 7) is 9.24. The molecule has 1 fully saturated rings. The lowest BCUT2D eigenvalue weighted by atomic mass is 9.98. The molecule has 3 aromatic rings. The number of carbonyl (C=O) groups excluding carboxylic acids is 1. The summed E-state index contributed by atoms with van der Waals surface area (Å²) in [6.07, 6.45) is 3.95. The van der Waals surface area contributed by atoms with Gasteiger partial charge in [-0.1, -0.05) is 6.07 Å². The number of nitrogens with zero attached hydrogens (tertiary/aromatic N) is 3. The SMILES string of the molecule is COc1ccc(N2CCN(C(=O)Cc3coc4c(C)c(C)cc(C)c34)CC2)cn1. The maximum atomic E-state index is 12.9. The van der Waals surface area contributed by atoms with Gasteiger partial charge < -0.3 is 19.0 Å². The number of amides is 1. The van der Waals surface area contributed by atoms with Crippen molar-refractivity contribution in [2.75, 3.05) is 38.2 Å². The number of ether oxygens (including phenoxy) is 1. The fraction of sp³-hybridized carbons (Fsp3) is 0.391. The molecule has 1 amide bonds. The minimum absolute atomic E-state index is 0.151. The van der Waals surface area contributed by atoms with E-state index in [-0.39, 0.29) is 5.91 Å². The van der Waals surface area contributed by atoms with Gasteiger partial charge in [0.2, 0.25) is 11.8 Å². The summed E-state index contributed by atoms with van der Waals surface area (Å²) in [4.78, 5) is 21.4. The largest absolute Gasteiger partial charge is 0.481 e. The zero-order valence-electron chi connectivity index (χ0n) is 17.5. The quantitative estimate of drug-likeness (QED) is 0.677. The van der Waals surface area contributed by atoms with Crippen LogP contribution in [0.5, 0.6) is 5.88 Å². The zero-order valence-corrected chi connectivity index (χ0v) is 17.5. The van der Waals surface area contributed by atoms with E-state index in [4.69, 9.17) is 9.15 Å². The first kappa shape index (κ1) is 19.3. The van der Waals surface area contributed by atoms with Gasteiger partial charge in [0.05, 0.1) is 31.7 Å². The average Bonchev–Trinajstić information content (AvgIpc) is 3.16. The smallest absolute Gasteiger partial charge is 0.227 e. The fourth-order valence-electron chi connectivity index (χ4n) is 4.09. The molecule has 0 atom stereocenters. The van der Waals surface area contributed by atoms with Gasteiger partial charge in [0.15, 0.2) is 0 Å². The highest BCUT2D eigenvalue weighted by Gasteiger charge is 2.23. The number of methoxy groups -OCH3 is 1. The van der Waals surface area contributed by atoms with Crippen LogP contribution >= 0.6 is 0 Å². The van der Waals surface area contributed by atoms with Gasteiger partial charge in [0, 0.05) is 43.2 Å². The van der Waals surface area contributed by atoms with Crippen LogP contribution in [0.3, 0.4) is 0 Å². The predicted molar refractivity (Wildman–Crippen MR) is 114 cm³/mol. The van der Waals surface area contributed by atoms with Crippen molar-refractivity contribution in [1.82, 2.24) is 9.88 Å². The van der Waals surface area contributed by atoms with E-state index in [1.54, 1.807) is 13.4 Å². The van der Waals surface area contributed by atoms with E-state index in [0.717, 1.165) is 46.4 Å². The number of rotatable bonds is 4. The molecule has 3 heterocycles. The number of aromatic nitrogens is 1. The van der Waals surface area contributed by atoms with Gasteiger partial charge in [-0.3, -0.25) is 4.79 Å². The van der Waals surface area contributed by atoms with Crippen LogP contribution in [0.15, 0.2) is 35.1 Å². The van der Waals surface area contributed by atoms with Crippen LogP contribution in [0, 0.1) is 20.8 Å². The molecule has 0 N–H and O–H groups in total. The van der Waals surface area contributed by atoms with Crippen molar-refractivity contribution < 1.29 is 13.9 Å². The lowest BCUT2D eigenvalue weighted by Gasteiger charge is -2.36. The molecule has 4 rings (SSSR count). The number of carbonyl (C=O) groups is 1. The first-order valence-corrected chi connectivity index (χ1v) is 9.97. The predicted octanol–water partition coefficient (Wildman–Crippen LogP) is 3.65. The molecule has 6 heteroatoms. The highest BCUT2D eigenvalue weighted by molar-refractivity contribution is 5.92. The number of aryl methyl sites for hydroxylation is 3. The van der Waals surface area contributed by atoms with Gasteiger partial charge in [-0.05, 0) is 43.5 Å². The van der Waals surface area contributed by atoms with Crippen molar-refractivity contribution in [3.8, 4) is 5.88 Å². The van der Waals surface area contributed by atoms with Gasteiger partial charge in [-0.2, -0.15) is 0 Å². The molecule has 1 aliphatic heterocycles. The van der Waals surface area contributed by atoms with Crippen LogP contribution < -0.4 is 9.64 Å². The summed E-state index contributed by atoms with van der Waals surface area (Å²) in [6, 6.07) is 6.04. The molecule has 0 radical (unpaired) electrons. The minimum atomic E-state index is 0.151. The van der Waals surface area contributed by atoms with Crippen LogP contribution in [0.2, 0.25) is 0 Å². The second-order valence-electron chi connectivity index (χ2n) is 7.70. The zero-order chi connectivity index (χ0) is 20.5. The second-order valence-corrected chi connectivity index (χ2v) is 7.70. The van der Waals surface area contributed by atoms with Gasteiger partial charge in [0.1, 0.15) is 5.58 Å². The standard InChI is InChI=1S/C23H27N3O3/c1-15-11-16(2)22-18(14-29-23(22)17(15)3)12-21(27)26-9-7-25(8-10-26)19-5-6-20(28-4)24-13-19/h5-6,11,13-14H,7-10,12H2,1-4H3. The summed E-state index contributed by atoms with van der Waals surface area (Å²) < 4.78 is 10.9. The number of furan rings is 1. The Hall–Kier alpha value is -3.02. The normalized spacial score (nSPS) is 14.5. The van der Waals surface area contributed by atoms with Gasteiger partial charge in [-0.25, -0.2) is 4.98 Å². The highest BCUT2D eigenvalue weighted by Crippen LogP contribution is 2.30. The number of anilines is 1. The van der Waals surface area contributed by atoms with Crippen molar-refractivity contribution in [2.24, 2.45) is 0 Å². The lowest BCUT2D eigenvalue weighted by Crippen LogP contribution is -2.49. The summed E-state index contributed by atoms with van der Waals surface area (Å²) in [7, 11) is 1.61. The van der Waals surface area contributed by atoms with E-state index < -0.39 is 0 Å². The highest BCUT2D eigenvalue weighted by atomic mass is 16.5. The summed E-state index contributed by atoms with van der Waals surface area (Å²) in [5.74, 6) is 0.758. The maximum Gasteiger partial charge on any atom is 0.227 e. The Bertz CT molecular complexity index is 1030. The third kappa shape index (κ3) is 3.67. The molecule has 2 aromatic heterocycles. The van der Waals surface area contributed by atoms with Crippen molar-refractivity contribution in [2.45, 2.75) is 27.2 Å². The van der Waals surface area contributed by atoms with Gasteiger partial charge >= 0.3 is 0 Å². The summed E-state index contributed by atoms with van der Waals surface area (Å²) in [5, 5.41) is 1.09. The molecule has 0 aliphatic carbocycles. The summed E-state index contributed by atoms with van der Waals surface area (Å²) in [5.41, 5.74) is 6.46. The molecule has 0 bridgehead atoms. The van der Waals surface area contributed by atoms with Crippen LogP contribution in [-0.4, -0.2) is 49.1 Å². The number of piperazine rings is 1. The number of fused-ring (bicyclic) bond motifs is 1. The molecule has 29 heavy (non-hydrogen) atoms. The Morgan fingerprint density at radius 2 is 1.90 bits per heavy atom. The fourth-order valence-corrected chi connectivity index (χ4v) is 4.09. The topological polar surface area (TPSA) is 58.8 Å². The molecule has 1 aromatic carbocycles. The Kier molecular flexibility index (Phi) is 5.18. The molecule has 0 spiro atoms. The monoisotopic (exact) mass is 393 g/mol. The van der Waals surface area contributed by atoms with Gasteiger partial charge in [0.25, 0.3) is 0 Å². The first-order valence-electron chi connectivity index (χ1n) is 9.97. The Morgan fingerprint density at radius 1 is 1.14 bits per heavy atom. The van der Waals surface area contributed by atoms with Crippen LogP contribution in [-0.2, 0) is 11.2 Å². The Labute approximate surface area is 171 Å². The lowest BCUT2D eigenvalue weighted by molar-refractivity contribution is -0.130. The Balaban J connectivity index is 1.43. The number of pyridine rings is 1. The minimum Gasteiger partial charge on any atom is -0.481 e. The van der Waals surface area contributed by atoms with Crippen molar-refractivity contribution in [3.05, 3.63) is 52.9 Å². The third-order valence-corrected chi connectivity index (χ3v) is 5.90. The van der Waals surface area contributed by atoms with Crippen LogP contribution in [0.1, 0.15) is 22.3 Å². The van der Waals surface area contributed by atoms with Crippen LogP contribution in [0.4, 0.5) is 5.69 Å². The molecule has 6 nitrogen and oxygen atoms in total.